The van der Waals surface area contributed by atoms with E-state index in [1.54, 1.807) is 39.0 Å². The van der Waals surface area contributed by atoms with Crippen molar-refractivity contribution >= 4 is 23.7 Å². The number of amides is 3. The van der Waals surface area contributed by atoms with Crippen molar-refractivity contribution in [1.29, 1.82) is 0 Å². The fourth-order valence-corrected chi connectivity index (χ4v) is 4.52. The predicted molar refractivity (Wildman–Crippen MR) is 104 cm³/mol. The van der Waals surface area contributed by atoms with Crippen LogP contribution in [0.1, 0.15) is 47.4 Å². The SMILES string of the molecule is CC(=O)c1ccc(C(=O)N2CCC(N3C(=O)O[C@H]4CN(C(C)=O)C[C@H]43)CC2)cc1. The molecule has 0 N–H and O–H groups in total. The fourth-order valence-electron chi connectivity index (χ4n) is 4.52. The Hall–Kier alpha value is -2.90. The molecule has 3 aliphatic rings. The van der Waals surface area contributed by atoms with E-state index in [9.17, 15) is 19.2 Å². The molecular weight excluding hydrogens is 374 g/mol. The van der Waals surface area contributed by atoms with E-state index in [0.29, 0.717) is 50.1 Å². The van der Waals surface area contributed by atoms with Crippen LogP contribution in [0.4, 0.5) is 4.79 Å². The molecule has 3 amide bonds. The van der Waals surface area contributed by atoms with Gasteiger partial charge in [-0.2, -0.15) is 0 Å². The summed E-state index contributed by atoms with van der Waals surface area (Å²) in [4.78, 5) is 53.5. The number of nitrogens with zero attached hydrogens (tertiary/aromatic N) is 3. The lowest BCUT2D eigenvalue weighted by molar-refractivity contribution is -0.128. The molecule has 0 saturated carbocycles. The van der Waals surface area contributed by atoms with Crippen molar-refractivity contribution < 1.29 is 23.9 Å². The summed E-state index contributed by atoms with van der Waals surface area (Å²) in [6.07, 6.45) is 0.782. The third kappa shape index (κ3) is 3.59. The zero-order valence-corrected chi connectivity index (χ0v) is 16.7. The first-order chi connectivity index (χ1) is 13.8. The first kappa shape index (κ1) is 19.4. The third-order valence-electron chi connectivity index (χ3n) is 6.19. The number of carbonyl (C=O) groups excluding carboxylic acids is 4. The lowest BCUT2D eigenvalue weighted by atomic mass is 10.00. The van der Waals surface area contributed by atoms with Gasteiger partial charge in [0.15, 0.2) is 5.78 Å². The number of ether oxygens (including phenoxy) is 1. The van der Waals surface area contributed by atoms with Crippen molar-refractivity contribution in [3.05, 3.63) is 35.4 Å². The molecule has 29 heavy (non-hydrogen) atoms. The minimum atomic E-state index is -0.312. The maximum atomic E-state index is 12.8. The number of hydrogen-bond donors (Lipinski definition) is 0. The predicted octanol–water partition coefficient (Wildman–Crippen LogP) is 1.55. The molecule has 0 unspecified atom stereocenters. The molecular formula is C21H25N3O5. The van der Waals surface area contributed by atoms with Crippen LogP contribution in [0.5, 0.6) is 0 Å². The maximum absolute atomic E-state index is 12.8. The summed E-state index contributed by atoms with van der Waals surface area (Å²) in [7, 11) is 0. The molecule has 0 aromatic heterocycles. The van der Waals surface area contributed by atoms with Crippen LogP contribution in [0.25, 0.3) is 0 Å². The standard InChI is InChI=1S/C21H25N3O5/c1-13(25)15-3-5-16(6-4-15)20(27)22-9-7-17(8-10-22)24-18-11-23(14(2)26)12-19(18)29-21(24)28/h3-6,17-19H,7-12H2,1-2H3/t18-,19+/m1/s1. The van der Waals surface area contributed by atoms with Crippen LogP contribution < -0.4 is 0 Å². The van der Waals surface area contributed by atoms with Crippen LogP contribution in [-0.2, 0) is 9.53 Å². The van der Waals surface area contributed by atoms with Crippen LogP contribution in [-0.4, -0.2) is 82.8 Å². The van der Waals surface area contributed by atoms with Crippen molar-refractivity contribution in [1.82, 2.24) is 14.7 Å². The molecule has 8 nitrogen and oxygen atoms in total. The van der Waals surface area contributed by atoms with Gasteiger partial charge in [-0.25, -0.2) is 4.79 Å². The number of likely N-dealkylation sites (tertiary alicyclic amines) is 2. The number of ketones is 1. The van der Waals surface area contributed by atoms with E-state index in [1.165, 1.54) is 13.8 Å². The van der Waals surface area contributed by atoms with Crippen LogP contribution in [0.15, 0.2) is 24.3 Å². The molecule has 0 spiro atoms. The van der Waals surface area contributed by atoms with Gasteiger partial charge in [-0.15, -0.1) is 0 Å². The summed E-state index contributed by atoms with van der Waals surface area (Å²) in [5.74, 6) is -0.105. The Morgan fingerprint density at radius 3 is 2.14 bits per heavy atom. The number of carbonyl (C=O) groups is 4. The van der Waals surface area contributed by atoms with Gasteiger partial charge in [-0.05, 0) is 31.9 Å². The van der Waals surface area contributed by atoms with Gasteiger partial charge >= 0.3 is 6.09 Å². The van der Waals surface area contributed by atoms with Crippen LogP contribution in [0, 0.1) is 0 Å². The Balaban J connectivity index is 1.38. The Labute approximate surface area is 169 Å². The summed E-state index contributed by atoms with van der Waals surface area (Å²) in [6.45, 7) is 5.09. The monoisotopic (exact) mass is 399 g/mol. The highest BCUT2D eigenvalue weighted by molar-refractivity contribution is 5.97. The molecule has 4 rings (SSSR count). The Kier molecular flexibility index (Phi) is 5.02. The Morgan fingerprint density at radius 2 is 1.55 bits per heavy atom. The van der Waals surface area contributed by atoms with E-state index >= 15 is 0 Å². The van der Waals surface area contributed by atoms with Gasteiger partial charge in [0.2, 0.25) is 5.91 Å². The minimum absolute atomic E-state index is 0.00777. The van der Waals surface area contributed by atoms with Crippen molar-refractivity contribution in [2.24, 2.45) is 0 Å². The van der Waals surface area contributed by atoms with E-state index in [0.717, 1.165) is 0 Å². The van der Waals surface area contributed by atoms with Crippen LogP contribution in [0.3, 0.4) is 0 Å². The second-order valence-corrected chi connectivity index (χ2v) is 7.98. The average molecular weight is 399 g/mol. The van der Waals surface area contributed by atoms with Crippen LogP contribution in [0.2, 0.25) is 0 Å². The summed E-state index contributed by atoms with van der Waals surface area (Å²) in [6, 6.07) is 6.62. The number of hydrogen-bond acceptors (Lipinski definition) is 5. The summed E-state index contributed by atoms with van der Waals surface area (Å²) in [5, 5.41) is 0. The molecule has 0 radical (unpaired) electrons. The van der Waals surface area contributed by atoms with Crippen molar-refractivity contribution in [2.75, 3.05) is 26.2 Å². The maximum Gasteiger partial charge on any atom is 0.410 e. The molecule has 3 heterocycles. The average Bonchev–Trinajstić information content (AvgIpc) is 3.24. The van der Waals surface area contributed by atoms with Crippen molar-refractivity contribution in [3.8, 4) is 0 Å². The summed E-state index contributed by atoms with van der Waals surface area (Å²) in [5.41, 5.74) is 1.14. The fraction of sp³-hybridized carbons (Fsp3) is 0.524. The lowest BCUT2D eigenvalue weighted by Crippen LogP contribution is -2.51. The van der Waals surface area contributed by atoms with Gasteiger partial charge in [-0.1, -0.05) is 12.1 Å². The topological polar surface area (TPSA) is 87.2 Å². The van der Waals surface area contributed by atoms with Gasteiger partial charge in [0, 0.05) is 43.7 Å². The quantitative estimate of drug-likeness (QED) is 0.720. The molecule has 0 bridgehead atoms. The largest absolute Gasteiger partial charge is 0.442 e. The second kappa shape index (κ2) is 7.50. The molecule has 3 fully saturated rings. The van der Waals surface area contributed by atoms with Crippen molar-refractivity contribution in [3.63, 3.8) is 0 Å². The molecule has 3 aliphatic heterocycles. The van der Waals surface area contributed by atoms with E-state index in [4.69, 9.17) is 4.74 Å². The van der Waals surface area contributed by atoms with Gasteiger partial charge < -0.3 is 14.5 Å². The minimum Gasteiger partial charge on any atom is -0.442 e. The van der Waals surface area contributed by atoms with Crippen LogP contribution >= 0.6 is 0 Å². The van der Waals surface area contributed by atoms with E-state index < -0.39 is 0 Å². The Morgan fingerprint density at radius 1 is 0.931 bits per heavy atom. The molecule has 8 heteroatoms. The Bertz CT molecular complexity index is 844. The number of piperidine rings is 1. The lowest BCUT2D eigenvalue weighted by Gasteiger charge is -2.37. The highest BCUT2D eigenvalue weighted by Crippen LogP contribution is 2.32. The molecule has 1 aromatic carbocycles. The zero-order chi connectivity index (χ0) is 20.7. The number of benzene rings is 1. The first-order valence-corrected chi connectivity index (χ1v) is 10.00. The highest BCUT2D eigenvalue weighted by Gasteiger charge is 2.51. The molecule has 154 valence electrons. The van der Waals surface area contributed by atoms with Gasteiger partial charge in [0.25, 0.3) is 5.91 Å². The zero-order valence-electron chi connectivity index (χ0n) is 16.7. The molecule has 2 atom stereocenters. The van der Waals surface area contributed by atoms with E-state index in [2.05, 4.69) is 0 Å². The third-order valence-corrected chi connectivity index (χ3v) is 6.19. The highest BCUT2D eigenvalue weighted by atomic mass is 16.6. The number of fused-ring (bicyclic) bond motifs is 1. The number of Topliss-reactive ketones (excluding diaryl/α,β-unsaturated/α-hetero) is 1. The van der Waals surface area contributed by atoms with E-state index in [-0.39, 0.29) is 41.9 Å². The van der Waals surface area contributed by atoms with Crippen molar-refractivity contribution in [2.45, 2.75) is 44.9 Å². The normalized spacial score (nSPS) is 24.5. The van der Waals surface area contributed by atoms with Gasteiger partial charge in [-0.3, -0.25) is 19.3 Å². The van der Waals surface area contributed by atoms with Gasteiger partial charge in [0.1, 0.15) is 6.10 Å². The summed E-state index contributed by atoms with van der Waals surface area (Å²) < 4.78 is 5.49. The molecule has 1 aromatic rings. The number of rotatable bonds is 3. The smallest absolute Gasteiger partial charge is 0.410 e. The van der Waals surface area contributed by atoms with E-state index in [1.807, 2.05) is 0 Å². The molecule has 3 saturated heterocycles. The summed E-state index contributed by atoms with van der Waals surface area (Å²) >= 11 is 0. The molecule has 0 aliphatic carbocycles. The second-order valence-electron chi connectivity index (χ2n) is 7.98. The van der Waals surface area contributed by atoms with Gasteiger partial charge in [0.05, 0.1) is 12.6 Å². The first-order valence-electron chi connectivity index (χ1n) is 10.00.